The predicted molar refractivity (Wildman–Crippen MR) is 74.0 cm³/mol. The van der Waals surface area contributed by atoms with E-state index < -0.39 is 0 Å². The second-order valence-corrected chi connectivity index (χ2v) is 5.75. The Balaban J connectivity index is 1.82. The minimum absolute atomic E-state index is 0.620. The maximum atomic E-state index is 5.39. The molecule has 1 aliphatic heterocycles. The Labute approximate surface area is 113 Å². The fourth-order valence-corrected chi connectivity index (χ4v) is 2.92. The standard InChI is InChI=1S/C12H22N4OS/c1-3-6-13-12-15-14-11(18-12)9-16(2)10-4-7-17-8-5-10/h10H,3-9H2,1-2H3,(H,13,15). The molecule has 0 atom stereocenters. The lowest BCUT2D eigenvalue weighted by Gasteiger charge is -2.30. The Kier molecular flexibility index (Phi) is 5.34. The van der Waals surface area contributed by atoms with Crippen molar-refractivity contribution in [1.29, 1.82) is 0 Å². The molecule has 0 bridgehead atoms. The van der Waals surface area contributed by atoms with Crippen molar-refractivity contribution >= 4 is 16.5 Å². The molecule has 1 aromatic heterocycles. The van der Waals surface area contributed by atoms with Crippen LogP contribution < -0.4 is 5.32 Å². The van der Waals surface area contributed by atoms with Gasteiger partial charge in [-0.25, -0.2) is 0 Å². The van der Waals surface area contributed by atoms with Crippen LogP contribution in [0.15, 0.2) is 0 Å². The summed E-state index contributed by atoms with van der Waals surface area (Å²) in [6, 6.07) is 0.620. The van der Waals surface area contributed by atoms with Crippen molar-refractivity contribution in [1.82, 2.24) is 15.1 Å². The molecule has 102 valence electrons. The van der Waals surface area contributed by atoms with E-state index in [2.05, 4.69) is 34.4 Å². The third-order valence-electron chi connectivity index (χ3n) is 3.19. The van der Waals surface area contributed by atoms with Gasteiger partial charge in [-0.3, -0.25) is 4.90 Å². The SMILES string of the molecule is CCCNc1nnc(CN(C)C2CCOCC2)s1. The number of nitrogens with zero attached hydrogens (tertiary/aromatic N) is 3. The zero-order chi connectivity index (χ0) is 12.8. The molecular weight excluding hydrogens is 248 g/mol. The van der Waals surface area contributed by atoms with Gasteiger partial charge in [0.15, 0.2) is 0 Å². The van der Waals surface area contributed by atoms with Crippen LogP contribution in [0.25, 0.3) is 0 Å². The van der Waals surface area contributed by atoms with E-state index in [0.29, 0.717) is 6.04 Å². The van der Waals surface area contributed by atoms with E-state index in [0.717, 1.165) is 55.7 Å². The molecule has 6 heteroatoms. The van der Waals surface area contributed by atoms with Crippen LogP contribution >= 0.6 is 11.3 Å². The largest absolute Gasteiger partial charge is 0.381 e. The van der Waals surface area contributed by atoms with Crippen molar-refractivity contribution < 1.29 is 4.74 Å². The van der Waals surface area contributed by atoms with Gasteiger partial charge in [0.1, 0.15) is 5.01 Å². The molecule has 2 heterocycles. The highest BCUT2D eigenvalue weighted by Crippen LogP contribution is 2.20. The summed E-state index contributed by atoms with van der Waals surface area (Å²) in [5, 5.41) is 13.7. The Bertz CT molecular complexity index is 352. The summed E-state index contributed by atoms with van der Waals surface area (Å²) in [7, 11) is 2.16. The normalized spacial score (nSPS) is 17.3. The van der Waals surface area contributed by atoms with E-state index in [1.54, 1.807) is 11.3 Å². The lowest BCUT2D eigenvalue weighted by molar-refractivity contribution is 0.0406. The highest BCUT2D eigenvalue weighted by molar-refractivity contribution is 7.15. The highest BCUT2D eigenvalue weighted by Gasteiger charge is 2.19. The molecule has 1 saturated heterocycles. The molecule has 0 radical (unpaired) electrons. The lowest BCUT2D eigenvalue weighted by atomic mass is 10.1. The van der Waals surface area contributed by atoms with E-state index in [4.69, 9.17) is 4.74 Å². The average Bonchev–Trinajstić information content (AvgIpc) is 2.85. The van der Waals surface area contributed by atoms with Crippen LogP contribution in [0.2, 0.25) is 0 Å². The number of ether oxygens (including phenoxy) is 1. The van der Waals surface area contributed by atoms with E-state index in [-0.39, 0.29) is 0 Å². The molecule has 0 aliphatic carbocycles. The van der Waals surface area contributed by atoms with Crippen molar-refractivity contribution in [3.63, 3.8) is 0 Å². The van der Waals surface area contributed by atoms with E-state index in [9.17, 15) is 0 Å². The molecule has 1 fully saturated rings. The Morgan fingerprint density at radius 3 is 2.89 bits per heavy atom. The van der Waals surface area contributed by atoms with Gasteiger partial charge in [-0.2, -0.15) is 0 Å². The van der Waals surface area contributed by atoms with Crippen LogP contribution in [0.3, 0.4) is 0 Å². The summed E-state index contributed by atoms with van der Waals surface area (Å²) in [6.07, 6.45) is 3.35. The van der Waals surface area contributed by atoms with Gasteiger partial charge in [0.2, 0.25) is 5.13 Å². The lowest BCUT2D eigenvalue weighted by Crippen LogP contribution is -2.36. The second kappa shape index (κ2) is 7.01. The number of hydrogen-bond donors (Lipinski definition) is 1. The van der Waals surface area contributed by atoms with Crippen LogP contribution in [0, 0.1) is 0 Å². The van der Waals surface area contributed by atoms with Crippen LogP contribution in [-0.2, 0) is 11.3 Å². The molecule has 2 rings (SSSR count). The van der Waals surface area contributed by atoms with Crippen LogP contribution in [0.5, 0.6) is 0 Å². The van der Waals surface area contributed by atoms with Crippen LogP contribution in [0.1, 0.15) is 31.2 Å². The van der Waals surface area contributed by atoms with Gasteiger partial charge in [-0.1, -0.05) is 18.3 Å². The number of anilines is 1. The second-order valence-electron chi connectivity index (χ2n) is 4.69. The first kappa shape index (κ1) is 13.7. The number of hydrogen-bond acceptors (Lipinski definition) is 6. The zero-order valence-electron chi connectivity index (χ0n) is 11.2. The Morgan fingerprint density at radius 2 is 2.17 bits per heavy atom. The number of aromatic nitrogens is 2. The van der Waals surface area contributed by atoms with Crippen molar-refractivity contribution in [2.45, 2.75) is 38.8 Å². The fourth-order valence-electron chi connectivity index (χ4n) is 2.09. The molecule has 0 amide bonds. The quantitative estimate of drug-likeness (QED) is 0.856. The maximum Gasteiger partial charge on any atom is 0.205 e. The number of nitrogens with one attached hydrogen (secondary N) is 1. The van der Waals surface area contributed by atoms with Gasteiger partial charge < -0.3 is 10.1 Å². The molecule has 0 saturated carbocycles. The Hall–Kier alpha value is -0.720. The summed E-state index contributed by atoms with van der Waals surface area (Å²) in [4.78, 5) is 2.37. The molecule has 18 heavy (non-hydrogen) atoms. The predicted octanol–water partition coefficient (Wildman–Crippen LogP) is 1.97. The molecule has 1 aromatic rings. The minimum Gasteiger partial charge on any atom is -0.381 e. The molecule has 0 aromatic carbocycles. The third-order valence-corrected chi connectivity index (χ3v) is 4.06. The van der Waals surface area contributed by atoms with Gasteiger partial charge in [0, 0.05) is 25.8 Å². The average molecular weight is 270 g/mol. The monoisotopic (exact) mass is 270 g/mol. The van der Waals surface area contributed by atoms with Gasteiger partial charge >= 0.3 is 0 Å². The van der Waals surface area contributed by atoms with Gasteiger partial charge in [-0.05, 0) is 26.3 Å². The first-order valence-corrected chi connectivity index (χ1v) is 7.45. The summed E-state index contributed by atoms with van der Waals surface area (Å²) in [5.41, 5.74) is 0. The van der Waals surface area contributed by atoms with Crippen LogP contribution in [-0.4, -0.2) is 47.9 Å². The zero-order valence-corrected chi connectivity index (χ0v) is 12.0. The summed E-state index contributed by atoms with van der Waals surface area (Å²) < 4.78 is 5.39. The van der Waals surface area contributed by atoms with Crippen molar-refractivity contribution in [2.75, 3.05) is 32.1 Å². The minimum atomic E-state index is 0.620. The topological polar surface area (TPSA) is 50.3 Å². The first-order chi connectivity index (χ1) is 8.79. The van der Waals surface area contributed by atoms with Crippen molar-refractivity contribution in [3.8, 4) is 0 Å². The molecule has 0 spiro atoms. The highest BCUT2D eigenvalue weighted by atomic mass is 32.1. The molecule has 1 aliphatic rings. The van der Waals surface area contributed by atoms with Crippen molar-refractivity contribution in [2.24, 2.45) is 0 Å². The molecule has 1 N–H and O–H groups in total. The Morgan fingerprint density at radius 1 is 1.39 bits per heavy atom. The van der Waals surface area contributed by atoms with Gasteiger partial charge in [-0.15, -0.1) is 10.2 Å². The van der Waals surface area contributed by atoms with E-state index in [1.165, 1.54) is 0 Å². The molecule has 0 unspecified atom stereocenters. The maximum absolute atomic E-state index is 5.39. The van der Waals surface area contributed by atoms with E-state index >= 15 is 0 Å². The van der Waals surface area contributed by atoms with E-state index in [1.807, 2.05) is 0 Å². The van der Waals surface area contributed by atoms with Gasteiger partial charge in [0.05, 0.1) is 6.54 Å². The summed E-state index contributed by atoms with van der Waals surface area (Å²) in [5.74, 6) is 0. The first-order valence-electron chi connectivity index (χ1n) is 6.64. The summed E-state index contributed by atoms with van der Waals surface area (Å²) in [6.45, 7) is 5.76. The molecule has 5 nitrogen and oxygen atoms in total. The van der Waals surface area contributed by atoms with Crippen molar-refractivity contribution in [3.05, 3.63) is 5.01 Å². The summed E-state index contributed by atoms with van der Waals surface area (Å²) >= 11 is 1.66. The number of rotatable bonds is 6. The third kappa shape index (κ3) is 3.90. The fraction of sp³-hybridized carbons (Fsp3) is 0.833. The molecular formula is C12H22N4OS. The van der Waals surface area contributed by atoms with Gasteiger partial charge in [0.25, 0.3) is 0 Å². The van der Waals surface area contributed by atoms with Crippen LogP contribution in [0.4, 0.5) is 5.13 Å². The smallest absolute Gasteiger partial charge is 0.205 e.